The summed E-state index contributed by atoms with van der Waals surface area (Å²) in [5, 5.41) is 8.76. The van der Waals surface area contributed by atoms with Gasteiger partial charge in [0.1, 0.15) is 18.1 Å². The van der Waals surface area contributed by atoms with Crippen LogP contribution in [-0.4, -0.2) is 16.1 Å². The molecule has 1 aromatic carbocycles. The van der Waals surface area contributed by atoms with Gasteiger partial charge in [0.05, 0.1) is 5.69 Å². The number of aromatic carboxylic acids is 1. The molecule has 19 heavy (non-hydrogen) atoms. The predicted octanol–water partition coefficient (Wildman–Crippen LogP) is 2.64. The lowest BCUT2D eigenvalue weighted by Crippen LogP contribution is -2.05. The second-order valence-corrected chi connectivity index (χ2v) is 3.68. The van der Waals surface area contributed by atoms with Crippen LogP contribution in [0.5, 0.6) is 5.75 Å². The van der Waals surface area contributed by atoms with Gasteiger partial charge in [0, 0.05) is 6.07 Å². The Kier molecular flexibility index (Phi) is 3.70. The quantitative estimate of drug-likeness (QED) is 0.923. The summed E-state index contributed by atoms with van der Waals surface area (Å²) in [6.45, 7) is -0.107. The fourth-order valence-electron chi connectivity index (χ4n) is 1.42. The third kappa shape index (κ3) is 3.25. The molecular formula is C13H9F2NO3. The molecule has 2 aromatic rings. The van der Waals surface area contributed by atoms with Gasteiger partial charge in [-0.1, -0.05) is 6.07 Å². The molecule has 0 bridgehead atoms. The van der Waals surface area contributed by atoms with Crippen LogP contribution in [0.3, 0.4) is 0 Å². The average molecular weight is 265 g/mol. The number of nitrogens with zero attached hydrogens (tertiary/aromatic N) is 1. The maximum atomic E-state index is 13.3. The van der Waals surface area contributed by atoms with Gasteiger partial charge in [0.15, 0.2) is 11.6 Å². The van der Waals surface area contributed by atoms with E-state index in [1.165, 1.54) is 12.1 Å². The van der Waals surface area contributed by atoms with Crippen LogP contribution in [0.1, 0.15) is 16.2 Å². The second kappa shape index (κ2) is 5.43. The Morgan fingerprint density at radius 2 is 2.05 bits per heavy atom. The van der Waals surface area contributed by atoms with Crippen LogP contribution in [0.2, 0.25) is 0 Å². The first-order valence-electron chi connectivity index (χ1n) is 5.33. The highest BCUT2D eigenvalue weighted by Crippen LogP contribution is 2.18. The van der Waals surface area contributed by atoms with Crippen LogP contribution >= 0.6 is 0 Å². The summed E-state index contributed by atoms with van der Waals surface area (Å²) in [5.74, 6) is -2.80. The molecule has 6 heteroatoms. The number of hydrogen-bond donors (Lipinski definition) is 1. The molecule has 2 rings (SSSR count). The first-order valence-corrected chi connectivity index (χ1v) is 5.33. The van der Waals surface area contributed by atoms with E-state index in [0.29, 0.717) is 11.8 Å². The summed E-state index contributed by atoms with van der Waals surface area (Å²) in [5.41, 5.74) is 0.212. The zero-order chi connectivity index (χ0) is 13.8. The van der Waals surface area contributed by atoms with Crippen molar-refractivity contribution in [3.8, 4) is 5.75 Å². The van der Waals surface area contributed by atoms with E-state index >= 15 is 0 Å². The summed E-state index contributed by atoms with van der Waals surface area (Å²) >= 11 is 0. The van der Waals surface area contributed by atoms with Crippen molar-refractivity contribution >= 4 is 5.97 Å². The number of pyridine rings is 1. The summed E-state index contributed by atoms with van der Waals surface area (Å²) in [6.07, 6.45) is 0. The van der Waals surface area contributed by atoms with Crippen LogP contribution in [0.4, 0.5) is 8.78 Å². The average Bonchev–Trinajstić information content (AvgIpc) is 2.38. The molecule has 0 spiro atoms. The number of benzene rings is 1. The van der Waals surface area contributed by atoms with Gasteiger partial charge < -0.3 is 9.84 Å². The number of carboxylic acids is 1. The zero-order valence-electron chi connectivity index (χ0n) is 9.64. The van der Waals surface area contributed by atoms with Gasteiger partial charge in [-0.05, 0) is 24.3 Å². The van der Waals surface area contributed by atoms with Crippen molar-refractivity contribution in [1.29, 1.82) is 0 Å². The molecule has 0 saturated carbocycles. The standard InChI is InChI=1S/C13H9F2NO3/c14-8-4-5-12(10(15)6-8)19-7-9-2-1-3-11(16-9)13(17)18/h1-6H,7H2,(H,17,18). The molecule has 1 heterocycles. The van der Waals surface area contributed by atoms with Gasteiger partial charge in [-0.3, -0.25) is 0 Å². The molecule has 0 unspecified atom stereocenters. The molecule has 0 aliphatic heterocycles. The zero-order valence-corrected chi connectivity index (χ0v) is 9.64. The Morgan fingerprint density at radius 3 is 2.74 bits per heavy atom. The lowest BCUT2D eigenvalue weighted by molar-refractivity contribution is 0.0690. The third-order valence-corrected chi connectivity index (χ3v) is 2.30. The topological polar surface area (TPSA) is 59.4 Å². The summed E-state index contributed by atoms with van der Waals surface area (Å²) < 4.78 is 31.1. The first kappa shape index (κ1) is 12.9. The lowest BCUT2D eigenvalue weighted by atomic mass is 10.3. The molecule has 0 fully saturated rings. The molecule has 0 radical (unpaired) electrons. The Hall–Kier alpha value is -2.50. The van der Waals surface area contributed by atoms with Crippen LogP contribution in [0.15, 0.2) is 36.4 Å². The van der Waals surface area contributed by atoms with Crippen molar-refractivity contribution in [2.24, 2.45) is 0 Å². The summed E-state index contributed by atoms with van der Waals surface area (Å²) in [4.78, 5) is 14.5. The second-order valence-electron chi connectivity index (χ2n) is 3.68. The van der Waals surface area contributed by atoms with E-state index in [0.717, 1.165) is 12.1 Å². The Bertz CT molecular complexity index is 617. The monoisotopic (exact) mass is 265 g/mol. The molecule has 4 nitrogen and oxygen atoms in total. The van der Waals surface area contributed by atoms with E-state index in [4.69, 9.17) is 9.84 Å². The third-order valence-electron chi connectivity index (χ3n) is 2.30. The van der Waals surface area contributed by atoms with Crippen LogP contribution in [-0.2, 0) is 6.61 Å². The minimum atomic E-state index is -1.16. The molecule has 0 aliphatic carbocycles. The highest BCUT2D eigenvalue weighted by Gasteiger charge is 2.08. The molecule has 0 aliphatic rings. The maximum Gasteiger partial charge on any atom is 0.354 e. The molecule has 0 atom stereocenters. The van der Waals surface area contributed by atoms with Gasteiger partial charge in [-0.25, -0.2) is 18.6 Å². The van der Waals surface area contributed by atoms with E-state index < -0.39 is 17.6 Å². The van der Waals surface area contributed by atoms with Crippen LogP contribution in [0.25, 0.3) is 0 Å². The van der Waals surface area contributed by atoms with E-state index in [1.807, 2.05) is 0 Å². The summed E-state index contributed by atoms with van der Waals surface area (Å²) in [7, 11) is 0. The number of aromatic nitrogens is 1. The number of halogens is 2. The molecule has 0 amide bonds. The van der Waals surface area contributed by atoms with Crippen LogP contribution in [0, 0.1) is 11.6 Å². The Labute approximate surface area is 107 Å². The van der Waals surface area contributed by atoms with E-state index in [2.05, 4.69) is 4.98 Å². The Morgan fingerprint density at radius 1 is 1.26 bits per heavy atom. The van der Waals surface area contributed by atoms with Gasteiger partial charge in [0.25, 0.3) is 0 Å². The van der Waals surface area contributed by atoms with Gasteiger partial charge in [-0.15, -0.1) is 0 Å². The van der Waals surface area contributed by atoms with Gasteiger partial charge in [-0.2, -0.15) is 0 Å². The molecular weight excluding hydrogens is 256 g/mol. The number of ether oxygens (including phenoxy) is 1. The predicted molar refractivity (Wildman–Crippen MR) is 61.9 cm³/mol. The fraction of sp³-hybridized carbons (Fsp3) is 0.0769. The maximum absolute atomic E-state index is 13.3. The Balaban J connectivity index is 2.10. The van der Waals surface area contributed by atoms with Gasteiger partial charge in [0.2, 0.25) is 0 Å². The van der Waals surface area contributed by atoms with E-state index in [1.54, 1.807) is 6.07 Å². The molecule has 1 N–H and O–H groups in total. The normalized spacial score (nSPS) is 10.2. The number of carboxylic acid groups (broad SMARTS) is 1. The number of carbonyl (C=O) groups is 1. The minimum Gasteiger partial charge on any atom is -0.484 e. The smallest absolute Gasteiger partial charge is 0.354 e. The van der Waals surface area contributed by atoms with Crippen molar-refractivity contribution < 1.29 is 23.4 Å². The van der Waals surface area contributed by atoms with Gasteiger partial charge >= 0.3 is 5.97 Å². The fourth-order valence-corrected chi connectivity index (χ4v) is 1.42. The minimum absolute atomic E-state index is 0.107. The highest BCUT2D eigenvalue weighted by molar-refractivity contribution is 5.85. The molecule has 98 valence electrons. The summed E-state index contributed by atoms with van der Waals surface area (Å²) in [6, 6.07) is 7.33. The largest absolute Gasteiger partial charge is 0.484 e. The van der Waals surface area contributed by atoms with E-state index in [-0.39, 0.29) is 18.1 Å². The van der Waals surface area contributed by atoms with Crippen molar-refractivity contribution in [3.63, 3.8) is 0 Å². The molecule has 1 aromatic heterocycles. The number of hydrogen-bond acceptors (Lipinski definition) is 3. The van der Waals surface area contributed by atoms with Crippen molar-refractivity contribution in [3.05, 3.63) is 59.4 Å². The highest BCUT2D eigenvalue weighted by atomic mass is 19.1. The van der Waals surface area contributed by atoms with Crippen molar-refractivity contribution in [2.75, 3.05) is 0 Å². The van der Waals surface area contributed by atoms with Crippen molar-refractivity contribution in [2.45, 2.75) is 6.61 Å². The SMILES string of the molecule is O=C(O)c1cccc(COc2ccc(F)cc2F)n1. The van der Waals surface area contributed by atoms with E-state index in [9.17, 15) is 13.6 Å². The van der Waals surface area contributed by atoms with Crippen molar-refractivity contribution in [1.82, 2.24) is 4.98 Å². The number of rotatable bonds is 4. The molecule has 0 saturated heterocycles. The lowest BCUT2D eigenvalue weighted by Gasteiger charge is -2.07. The first-order chi connectivity index (χ1) is 9.06. The van der Waals surface area contributed by atoms with Crippen LogP contribution < -0.4 is 4.74 Å².